The van der Waals surface area contributed by atoms with Crippen molar-refractivity contribution >= 4 is 27.5 Å². The molecular weight excluding hydrogens is 389 g/mol. The summed E-state index contributed by atoms with van der Waals surface area (Å²) in [5, 5.41) is 0. The zero-order valence-corrected chi connectivity index (χ0v) is 15.7. The van der Waals surface area contributed by atoms with Crippen molar-refractivity contribution in [3.8, 4) is 5.75 Å². The molecule has 1 aliphatic rings. The van der Waals surface area contributed by atoms with Crippen LogP contribution in [0.25, 0.3) is 0 Å². The Morgan fingerprint density at radius 2 is 1.85 bits per heavy atom. The lowest BCUT2D eigenvalue weighted by molar-refractivity contribution is -0.142. The van der Waals surface area contributed by atoms with E-state index in [2.05, 4.69) is 0 Å². The molecule has 1 aromatic rings. The fourth-order valence-corrected chi connectivity index (χ4v) is 4.08. The molecule has 7 nitrogen and oxygen atoms in total. The summed E-state index contributed by atoms with van der Waals surface area (Å²) in [5.74, 6) is -1.26. The molecule has 2 rings (SSSR count). The molecule has 1 atom stereocenters. The van der Waals surface area contributed by atoms with E-state index in [9.17, 15) is 31.2 Å². The molecule has 150 valence electrons. The van der Waals surface area contributed by atoms with Crippen LogP contribution in [-0.2, 0) is 19.6 Å². The van der Waals surface area contributed by atoms with Crippen molar-refractivity contribution in [1.29, 1.82) is 0 Å². The maximum absolute atomic E-state index is 13.0. The van der Waals surface area contributed by atoms with Gasteiger partial charge in [-0.1, -0.05) is 0 Å². The Labute approximate surface area is 154 Å². The molecule has 0 N–H and O–H groups in total. The molecule has 27 heavy (non-hydrogen) atoms. The van der Waals surface area contributed by atoms with Gasteiger partial charge in [-0.25, -0.2) is 0 Å². The number of amides is 2. The minimum atomic E-state index is -5.57. The molecule has 1 heterocycles. The second kappa shape index (κ2) is 7.37. The van der Waals surface area contributed by atoms with Crippen LogP contribution >= 0.6 is 0 Å². The van der Waals surface area contributed by atoms with Crippen LogP contribution < -0.4 is 9.04 Å². The van der Waals surface area contributed by atoms with Crippen molar-refractivity contribution in [2.24, 2.45) is 0 Å². The highest BCUT2D eigenvalue weighted by Gasteiger charge is 2.52. The molecule has 11 heteroatoms. The summed E-state index contributed by atoms with van der Waals surface area (Å²) >= 11 is 0. The van der Waals surface area contributed by atoms with E-state index >= 15 is 0 Å². The van der Waals surface area contributed by atoms with Gasteiger partial charge < -0.3 is 4.74 Å². The van der Waals surface area contributed by atoms with E-state index < -0.39 is 39.8 Å². The molecule has 0 saturated heterocycles. The third-order valence-electron chi connectivity index (χ3n) is 4.37. The Balaban J connectivity index is 2.39. The first-order chi connectivity index (χ1) is 12.4. The van der Waals surface area contributed by atoms with Crippen LogP contribution in [0.1, 0.15) is 31.7 Å². The lowest BCUT2D eigenvalue weighted by atomic mass is 9.97. The second-order valence-electron chi connectivity index (χ2n) is 6.08. The minimum Gasteiger partial charge on any atom is -0.497 e. The Kier molecular flexibility index (Phi) is 5.74. The number of anilines is 1. The number of carbonyl (C=O) groups excluding carboxylic acids is 2. The number of sulfonamides is 1. The lowest BCUT2D eigenvalue weighted by Crippen LogP contribution is -2.40. The number of hydrogen-bond donors (Lipinski definition) is 0. The van der Waals surface area contributed by atoms with Crippen LogP contribution in [0.3, 0.4) is 0 Å². The highest BCUT2D eigenvalue weighted by molar-refractivity contribution is 7.93. The van der Waals surface area contributed by atoms with Gasteiger partial charge in [-0.15, -0.1) is 0 Å². The Morgan fingerprint density at radius 3 is 2.33 bits per heavy atom. The molecule has 2 amide bonds. The SMILES string of the molecule is COc1ccc2c(c1)C(CCN(C(C)=O)C(C)=O)CN2S(=O)(=O)C(F)(F)F. The van der Waals surface area contributed by atoms with Gasteiger partial charge in [0.2, 0.25) is 11.8 Å². The first-order valence-electron chi connectivity index (χ1n) is 7.95. The highest BCUT2D eigenvalue weighted by atomic mass is 32.2. The molecule has 0 bridgehead atoms. The molecule has 0 aliphatic carbocycles. The number of hydrogen-bond acceptors (Lipinski definition) is 5. The Bertz CT molecular complexity index is 840. The van der Waals surface area contributed by atoms with Crippen molar-refractivity contribution in [2.75, 3.05) is 24.5 Å². The van der Waals surface area contributed by atoms with Gasteiger partial charge in [-0.05, 0) is 30.2 Å². The molecule has 1 aromatic carbocycles. The van der Waals surface area contributed by atoms with E-state index in [0.717, 1.165) is 4.90 Å². The van der Waals surface area contributed by atoms with Crippen LogP contribution in [0.2, 0.25) is 0 Å². The summed E-state index contributed by atoms with van der Waals surface area (Å²) < 4.78 is 68.3. The van der Waals surface area contributed by atoms with E-state index in [0.29, 0.717) is 15.6 Å². The number of alkyl halides is 3. The Morgan fingerprint density at radius 1 is 1.26 bits per heavy atom. The molecule has 0 aromatic heterocycles. The van der Waals surface area contributed by atoms with Crippen molar-refractivity contribution in [3.63, 3.8) is 0 Å². The number of nitrogens with zero attached hydrogens (tertiary/aromatic N) is 2. The van der Waals surface area contributed by atoms with Crippen molar-refractivity contribution in [2.45, 2.75) is 31.7 Å². The molecular formula is C16H19F3N2O5S. The first kappa shape index (κ1) is 21.0. The third kappa shape index (κ3) is 4.02. The summed E-state index contributed by atoms with van der Waals surface area (Å²) in [5.41, 5.74) is -5.17. The third-order valence-corrected chi connectivity index (χ3v) is 5.88. The van der Waals surface area contributed by atoms with Crippen LogP contribution in [0.15, 0.2) is 18.2 Å². The quantitative estimate of drug-likeness (QED) is 0.746. The van der Waals surface area contributed by atoms with Gasteiger partial charge in [0.25, 0.3) is 0 Å². The van der Waals surface area contributed by atoms with Crippen molar-refractivity contribution < 1.29 is 35.9 Å². The van der Waals surface area contributed by atoms with Gasteiger partial charge in [0.05, 0.1) is 12.8 Å². The molecule has 0 spiro atoms. The van der Waals surface area contributed by atoms with E-state index in [-0.39, 0.29) is 18.7 Å². The second-order valence-corrected chi connectivity index (χ2v) is 7.94. The van der Waals surface area contributed by atoms with Gasteiger partial charge in [-0.3, -0.25) is 18.8 Å². The predicted molar refractivity (Wildman–Crippen MR) is 90.7 cm³/mol. The Hall–Kier alpha value is -2.30. The lowest BCUT2D eigenvalue weighted by Gasteiger charge is -2.22. The molecule has 0 saturated carbocycles. The largest absolute Gasteiger partial charge is 0.516 e. The standard InChI is InChI=1S/C16H19F3N2O5S/c1-10(22)20(11(2)23)7-6-12-9-21(27(24,25)16(17,18)19)15-5-4-13(26-3)8-14(12)15/h4-5,8,12H,6-7,9H2,1-3H3. The van der Waals surface area contributed by atoms with Crippen LogP contribution in [0.5, 0.6) is 5.75 Å². The van der Waals surface area contributed by atoms with Gasteiger partial charge in [0.15, 0.2) is 0 Å². The summed E-state index contributed by atoms with van der Waals surface area (Å²) in [4.78, 5) is 24.0. The minimum absolute atomic E-state index is 0.0358. The molecule has 0 fully saturated rings. The van der Waals surface area contributed by atoms with Gasteiger partial charge in [0, 0.05) is 32.9 Å². The number of carbonyl (C=O) groups is 2. The summed E-state index contributed by atoms with van der Waals surface area (Å²) in [7, 11) is -4.19. The smallest absolute Gasteiger partial charge is 0.497 e. The zero-order valence-electron chi connectivity index (χ0n) is 14.9. The average Bonchev–Trinajstić information content (AvgIpc) is 2.92. The molecule has 0 radical (unpaired) electrons. The van der Waals surface area contributed by atoms with Crippen LogP contribution in [-0.4, -0.2) is 50.8 Å². The summed E-state index contributed by atoms with van der Waals surface area (Å²) in [6.07, 6.45) is 0.114. The number of benzene rings is 1. The van der Waals surface area contributed by atoms with Crippen LogP contribution in [0.4, 0.5) is 18.9 Å². The highest BCUT2D eigenvalue weighted by Crippen LogP contribution is 2.44. The summed E-state index contributed by atoms with van der Waals surface area (Å²) in [6, 6.07) is 4.10. The van der Waals surface area contributed by atoms with Crippen molar-refractivity contribution in [1.82, 2.24) is 4.90 Å². The number of fused-ring (bicyclic) bond motifs is 1. The van der Waals surface area contributed by atoms with E-state index in [1.807, 2.05) is 0 Å². The number of rotatable bonds is 5. The molecule has 1 unspecified atom stereocenters. The van der Waals surface area contributed by atoms with E-state index in [1.165, 1.54) is 39.2 Å². The average molecular weight is 408 g/mol. The monoisotopic (exact) mass is 408 g/mol. The number of methoxy groups -OCH3 is 1. The fraction of sp³-hybridized carbons (Fsp3) is 0.500. The topological polar surface area (TPSA) is 84.0 Å². The maximum Gasteiger partial charge on any atom is 0.516 e. The van der Waals surface area contributed by atoms with Crippen LogP contribution in [0, 0.1) is 0 Å². The predicted octanol–water partition coefficient (Wildman–Crippen LogP) is 2.23. The fourth-order valence-electron chi connectivity index (χ4n) is 3.03. The maximum atomic E-state index is 13.0. The van der Waals surface area contributed by atoms with E-state index in [4.69, 9.17) is 4.74 Å². The van der Waals surface area contributed by atoms with Gasteiger partial charge in [0.1, 0.15) is 5.75 Å². The normalized spacial score (nSPS) is 16.8. The van der Waals surface area contributed by atoms with Gasteiger partial charge in [-0.2, -0.15) is 21.6 Å². The summed E-state index contributed by atoms with van der Waals surface area (Å²) in [6.45, 7) is 1.93. The number of imide groups is 1. The van der Waals surface area contributed by atoms with E-state index in [1.54, 1.807) is 0 Å². The van der Waals surface area contributed by atoms with Gasteiger partial charge >= 0.3 is 15.5 Å². The number of ether oxygens (including phenoxy) is 1. The van der Waals surface area contributed by atoms with Crippen molar-refractivity contribution in [3.05, 3.63) is 23.8 Å². The first-order valence-corrected chi connectivity index (χ1v) is 9.39. The zero-order chi connectivity index (χ0) is 20.6. The number of halogens is 3. The molecule has 1 aliphatic heterocycles.